The summed E-state index contributed by atoms with van der Waals surface area (Å²) in [5.41, 5.74) is -12.9. The largest absolute Gasteiger partial charge is 0.507 e. The molecule has 0 aliphatic heterocycles. The Labute approximate surface area is 210 Å². The van der Waals surface area contributed by atoms with Crippen LogP contribution < -0.4 is 0 Å². The van der Waals surface area contributed by atoms with Crippen molar-refractivity contribution in [3.63, 3.8) is 0 Å². The highest BCUT2D eigenvalue weighted by atomic mass is 19.2. The van der Waals surface area contributed by atoms with Crippen LogP contribution in [0.3, 0.4) is 0 Å². The van der Waals surface area contributed by atoms with E-state index >= 15 is 0 Å². The monoisotopic (exact) mass is 592 g/mol. The molecule has 0 aliphatic rings. The lowest BCUT2D eigenvalue weighted by Crippen LogP contribution is -2.10. The predicted molar refractivity (Wildman–Crippen MR) is 104 cm³/mol. The van der Waals surface area contributed by atoms with Crippen molar-refractivity contribution < 1.29 is 71.0 Å². The second kappa shape index (κ2) is 9.67. The van der Waals surface area contributed by atoms with Crippen LogP contribution in [-0.4, -0.2) is 5.11 Å². The van der Waals surface area contributed by atoms with E-state index < -0.39 is 126 Å². The van der Waals surface area contributed by atoms with Gasteiger partial charge in [-0.05, 0) is 17.7 Å². The third-order valence-corrected chi connectivity index (χ3v) is 5.58. The van der Waals surface area contributed by atoms with Crippen molar-refractivity contribution in [2.75, 3.05) is 0 Å². The molecule has 4 aromatic carbocycles. The fraction of sp³-hybridized carbons (Fsp3) is 0. The van der Waals surface area contributed by atoms with Gasteiger partial charge >= 0.3 is 0 Å². The molecule has 0 atom stereocenters. The highest BCUT2D eigenvalue weighted by Gasteiger charge is 2.37. The molecule has 4 aromatic rings. The summed E-state index contributed by atoms with van der Waals surface area (Å²) >= 11 is 0. The zero-order valence-electron chi connectivity index (χ0n) is 18.3. The van der Waals surface area contributed by atoms with Crippen molar-refractivity contribution >= 4 is 0 Å². The summed E-state index contributed by atoms with van der Waals surface area (Å²) in [5.74, 6) is -44.3. The average molecular weight is 592 g/mol. The number of benzene rings is 4. The minimum atomic E-state index is -2.91. The SMILES string of the molecule is Oc1ccc(-c2c(F)c(F)c(F)c(F)c2F)c(-c2c(F)c(F)c(F)c(F)c2F)c1-c1c(F)c(F)c(F)c(F)c1F. The second-order valence-corrected chi connectivity index (χ2v) is 7.72. The lowest BCUT2D eigenvalue weighted by atomic mass is 9.85. The molecule has 0 radical (unpaired) electrons. The third-order valence-electron chi connectivity index (χ3n) is 5.58. The molecular weight excluding hydrogens is 589 g/mol. The number of hydrogen-bond acceptors (Lipinski definition) is 1. The van der Waals surface area contributed by atoms with Crippen molar-refractivity contribution in [1.82, 2.24) is 0 Å². The van der Waals surface area contributed by atoms with Gasteiger partial charge in [0.2, 0.25) is 17.5 Å². The summed E-state index contributed by atoms with van der Waals surface area (Å²) in [5, 5.41) is 10.3. The Bertz CT molecular complexity index is 1680. The Morgan fingerprint density at radius 1 is 0.275 bits per heavy atom. The first kappa shape index (κ1) is 28.6. The number of phenols is 1. The number of rotatable bonds is 3. The van der Waals surface area contributed by atoms with Crippen molar-refractivity contribution in [3.8, 4) is 39.1 Å². The van der Waals surface area contributed by atoms with Gasteiger partial charge in [0.1, 0.15) is 5.75 Å². The van der Waals surface area contributed by atoms with Crippen molar-refractivity contribution in [2.45, 2.75) is 0 Å². The van der Waals surface area contributed by atoms with E-state index in [4.69, 9.17) is 0 Å². The molecule has 16 heteroatoms. The fourth-order valence-electron chi connectivity index (χ4n) is 3.80. The van der Waals surface area contributed by atoms with E-state index in [1.54, 1.807) is 0 Å². The molecule has 0 bridgehead atoms. The molecule has 1 N–H and O–H groups in total. The van der Waals surface area contributed by atoms with E-state index in [2.05, 4.69) is 0 Å². The predicted octanol–water partition coefficient (Wildman–Crippen LogP) is 8.48. The lowest BCUT2D eigenvalue weighted by Gasteiger charge is -2.21. The van der Waals surface area contributed by atoms with Gasteiger partial charge in [-0.25, -0.2) is 65.9 Å². The van der Waals surface area contributed by atoms with E-state index in [-0.39, 0.29) is 12.1 Å². The summed E-state index contributed by atoms with van der Waals surface area (Å²) in [6, 6.07) is 0.132. The number of aromatic hydroxyl groups is 1. The molecule has 0 heterocycles. The molecule has 0 aromatic heterocycles. The van der Waals surface area contributed by atoms with Gasteiger partial charge in [0.05, 0.1) is 16.7 Å². The summed E-state index contributed by atoms with van der Waals surface area (Å²) in [6.07, 6.45) is 0. The average Bonchev–Trinajstić information content (AvgIpc) is 2.93. The maximum atomic E-state index is 14.9. The van der Waals surface area contributed by atoms with Gasteiger partial charge in [-0.1, -0.05) is 0 Å². The van der Waals surface area contributed by atoms with Crippen molar-refractivity contribution in [3.05, 3.63) is 99.4 Å². The van der Waals surface area contributed by atoms with Gasteiger partial charge in [-0.15, -0.1) is 0 Å². The van der Waals surface area contributed by atoms with Crippen LogP contribution in [0.2, 0.25) is 0 Å². The molecule has 1 nitrogen and oxygen atoms in total. The first-order valence-corrected chi connectivity index (χ1v) is 9.97. The molecule has 0 fully saturated rings. The zero-order chi connectivity index (χ0) is 30.1. The number of halogens is 15. The van der Waals surface area contributed by atoms with Crippen LogP contribution in [0.1, 0.15) is 0 Å². The van der Waals surface area contributed by atoms with Gasteiger partial charge < -0.3 is 5.11 Å². The Hall–Kier alpha value is -4.37. The smallest absolute Gasteiger partial charge is 0.200 e. The standard InChI is InChI=1S/C24H3F15O/c25-10-6(11(26)17(32)22(37)16(10)31)3-1-2-4(40)7(9-14(29)20(35)24(39)21(36)15(9)30)5(3)8-12(27)18(33)23(38)19(34)13(8)28/h1-2,40H. The molecule has 0 amide bonds. The van der Waals surface area contributed by atoms with Crippen molar-refractivity contribution in [2.24, 2.45) is 0 Å². The molecule has 0 spiro atoms. The molecule has 0 saturated carbocycles. The fourth-order valence-corrected chi connectivity index (χ4v) is 3.80. The normalized spacial score (nSPS) is 11.5. The van der Waals surface area contributed by atoms with Gasteiger partial charge in [-0.2, -0.15) is 0 Å². The summed E-state index contributed by atoms with van der Waals surface area (Å²) < 4.78 is 213. The molecule has 0 unspecified atom stereocenters. The Kier molecular flexibility index (Phi) is 6.92. The number of hydrogen-bond donors (Lipinski definition) is 1. The molecular formula is C24H3F15O. The molecule has 0 saturated heterocycles. The van der Waals surface area contributed by atoms with E-state index in [9.17, 15) is 71.0 Å². The second-order valence-electron chi connectivity index (χ2n) is 7.72. The van der Waals surface area contributed by atoms with E-state index in [1.165, 1.54) is 0 Å². The first-order valence-electron chi connectivity index (χ1n) is 9.97. The highest BCUT2D eigenvalue weighted by molar-refractivity contribution is 5.98. The first-order chi connectivity index (χ1) is 18.6. The summed E-state index contributed by atoms with van der Waals surface area (Å²) in [4.78, 5) is 0. The maximum absolute atomic E-state index is 14.9. The Morgan fingerprint density at radius 2 is 0.525 bits per heavy atom. The van der Waals surface area contributed by atoms with E-state index in [0.29, 0.717) is 0 Å². The van der Waals surface area contributed by atoms with Gasteiger partial charge in [-0.3, -0.25) is 0 Å². The van der Waals surface area contributed by atoms with Crippen LogP contribution in [0, 0.1) is 87.3 Å². The third kappa shape index (κ3) is 3.83. The lowest BCUT2D eigenvalue weighted by molar-refractivity contribution is 0.379. The highest BCUT2D eigenvalue weighted by Crippen LogP contribution is 2.50. The maximum Gasteiger partial charge on any atom is 0.200 e. The topological polar surface area (TPSA) is 20.2 Å². The molecule has 40 heavy (non-hydrogen) atoms. The molecule has 4 rings (SSSR count). The summed E-state index contributed by atoms with van der Waals surface area (Å²) in [6.45, 7) is 0. The van der Waals surface area contributed by atoms with Gasteiger partial charge in [0.25, 0.3) is 0 Å². The van der Waals surface area contributed by atoms with E-state index in [0.717, 1.165) is 0 Å². The Balaban J connectivity index is 2.39. The molecule has 0 aliphatic carbocycles. The van der Waals surface area contributed by atoms with E-state index in [1.807, 2.05) is 0 Å². The number of phenolic OH excluding ortho intramolecular Hbond substituents is 1. The summed E-state index contributed by atoms with van der Waals surface area (Å²) in [7, 11) is 0. The minimum Gasteiger partial charge on any atom is -0.507 e. The van der Waals surface area contributed by atoms with Crippen LogP contribution in [0.15, 0.2) is 12.1 Å². The molecule has 210 valence electrons. The van der Waals surface area contributed by atoms with Crippen LogP contribution in [0.25, 0.3) is 33.4 Å². The van der Waals surface area contributed by atoms with Gasteiger partial charge in [0.15, 0.2) is 69.8 Å². The van der Waals surface area contributed by atoms with Crippen molar-refractivity contribution in [1.29, 1.82) is 0 Å². The zero-order valence-corrected chi connectivity index (χ0v) is 18.3. The van der Waals surface area contributed by atoms with Crippen LogP contribution in [-0.2, 0) is 0 Å². The Morgan fingerprint density at radius 3 is 0.850 bits per heavy atom. The minimum absolute atomic E-state index is 0.0521. The quantitative estimate of drug-likeness (QED) is 0.144. The van der Waals surface area contributed by atoms with Crippen LogP contribution in [0.5, 0.6) is 5.75 Å². The van der Waals surface area contributed by atoms with Gasteiger partial charge in [0, 0.05) is 11.1 Å². The van der Waals surface area contributed by atoms with Crippen LogP contribution in [0.4, 0.5) is 65.9 Å². The van der Waals surface area contributed by atoms with Crippen LogP contribution >= 0.6 is 0 Å².